The van der Waals surface area contributed by atoms with Crippen molar-refractivity contribution in [2.24, 2.45) is 5.73 Å². The van der Waals surface area contributed by atoms with Crippen molar-refractivity contribution >= 4 is 17.7 Å². The molecule has 1 unspecified atom stereocenters. The molecule has 1 rings (SSSR count). The van der Waals surface area contributed by atoms with Crippen LogP contribution in [0.4, 0.5) is 4.39 Å². The zero-order chi connectivity index (χ0) is 11.4. The molecule has 5 heteroatoms. The lowest BCUT2D eigenvalue weighted by Gasteiger charge is -2.14. The van der Waals surface area contributed by atoms with Crippen LogP contribution >= 0.6 is 11.8 Å². The molecule has 0 bridgehead atoms. The highest BCUT2D eigenvalue weighted by Gasteiger charge is 2.22. The van der Waals surface area contributed by atoms with Crippen molar-refractivity contribution in [3.8, 4) is 0 Å². The average molecular weight is 229 g/mol. The molecule has 0 saturated carbocycles. The van der Waals surface area contributed by atoms with Crippen LogP contribution in [0.3, 0.4) is 0 Å². The molecule has 0 aliphatic heterocycles. The third kappa shape index (κ3) is 2.49. The molecule has 1 aromatic carbocycles. The Kier molecular flexibility index (Phi) is 4.11. The van der Waals surface area contributed by atoms with Gasteiger partial charge >= 0.3 is 5.97 Å². The summed E-state index contributed by atoms with van der Waals surface area (Å²) < 4.78 is 13.4. The fourth-order valence-corrected chi connectivity index (χ4v) is 2.09. The minimum absolute atomic E-state index is 0.0354. The molecule has 0 aromatic heterocycles. The molecule has 0 aliphatic rings. The summed E-state index contributed by atoms with van der Waals surface area (Å²) in [7, 11) is 0. The van der Waals surface area contributed by atoms with Crippen LogP contribution in [-0.4, -0.2) is 23.9 Å². The van der Waals surface area contributed by atoms with Gasteiger partial charge in [-0.25, -0.2) is 4.39 Å². The van der Waals surface area contributed by atoms with Crippen LogP contribution in [0.5, 0.6) is 0 Å². The van der Waals surface area contributed by atoms with Crippen LogP contribution in [0, 0.1) is 5.82 Å². The topological polar surface area (TPSA) is 63.3 Å². The second kappa shape index (κ2) is 5.14. The minimum Gasteiger partial charge on any atom is -0.481 e. The first kappa shape index (κ1) is 12.0. The summed E-state index contributed by atoms with van der Waals surface area (Å²) in [5.41, 5.74) is 5.81. The minimum atomic E-state index is -1.03. The van der Waals surface area contributed by atoms with E-state index in [-0.39, 0.29) is 6.54 Å². The lowest BCUT2D eigenvalue weighted by Crippen LogP contribution is -2.22. The van der Waals surface area contributed by atoms with Crippen LogP contribution in [0.1, 0.15) is 11.5 Å². The van der Waals surface area contributed by atoms with Gasteiger partial charge in [-0.05, 0) is 17.9 Å². The number of hydrogen-bond acceptors (Lipinski definition) is 3. The number of nitrogens with two attached hydrogens (primary N) is 1. The monoisotopic (exact) mass is 229 g/mol. The molecule has 1 atom stereocenters. The van der Waals surface area contributed by atoms with E-state index >= 15 is 0 Å². The summed E-state index contributed by atoms with van der Waals surface area (Å²) in [5, 5.41) is 8.93. The number of aliphatic carboxylic acids is 1. The van der Waals surface area contributed by atoms with Crippen LogP contribution in [-0.2, 0) is 4.79 Å². The molecular weight excluding hydrogens is 217 g/mol. The predicted molar refractivity (Wildman–Crippen MR) is 57.6 cm³/mol. The largest absolute Gasteiger partial charge is 0.481 e. The smallest absolute Gasteiger partial charge is 0.312 e. The molecule has 0 spiro atoms. The van der Waals surface area contributed by atoms with Crippen molar-refractivity contribution in [3.63, 3.8) is 0 Å². The van der Waals surface area contributed by atoms with Crippen molar-refractivity contribution in [1.82, 2.24) is 0 Å². The lowest BCUT2D eigenvalue weighted by atomic mass is 9.99. The maximum absolute atomic E-state index is 13.4. The molecule has 82 valence electrons. The third-order valence-electron chi connectivity index (χ3n) is 2.11. The molecule has 0 fully saturated rings. The van der Waals surface area contributed by atoms with Gasteiger partial charge in [0.1, 0.15) is 5.82 Å². The number of carboxylic acids is 1. The molecule has 1 aromatic rings. The van der Waals surface area contributed by atoms with E-state index in [1.807, 2.05) is 0 Å². The van der Waals surface area contributed by atoms with Crippen LogP contribution in [0.25, 0.3) is 0 Å². The first-order valence-corrected chi connectivity index (χ1v) is 5.59. The maximum atomic E-state index is 13.4. The van der Waals surface area contributed by atoms with Crippen LogP contribution in [0.15, 0.2) is 23.1 Å². The number of hydrogen-bond donors (Lipinski definition) is 2. The quantitative estimate of drug-likeness (QED) is 0.771. The number of carbonyl (C=O) groups is 1. The molecule has 0 heterocycles. The maximum Gasteiger partial charge on any atom is 0.312 e. The van der Waals surface area contributed by atoms with E-state index in [0.717, 1.165) is 0 Å². The van der Waals surface area contributed by atoms with Gasteiger partial charge in [0.2, 0.25) is 0 Å². The van der Waals surface area contributed by atoms with E-state index in [0.29, 0.717) is 10.5 Å². The molecule has 0 aliphatic carbocycles. The van der Waals surface area contributed by atoms with Gasteiger partial charge in [0.25, 0.3) is 0 Å². The number of rotatable bonds is 4. The van der Waals surface area contributed by atoms with Gasteiger partial charge in [-0.1, -0.05) is 12.1 Å². The summed E-state index contributed by atoms with van der Waals surface area (Å²) in [6.07, 6.45) is 1.71. The van der Waals surface area contributed by atoms with E-state index in [1.54, 1.807) is 12.3 Å². The van der Waals surface area contributed by atoms with Crippen molar-refractivity contribution in [2.45, 2.75) is 10.8 Å². The molecular formula is C10H12FNO2S. The second-order valence-corrected chi connectivity index (χ2v) is 3.81. The molecule has 3 nitrogen and oxygen atoms in total. The van der Waals surface area contributed by atoms with Gasteiger partial charge in [-0.15, -0.1) is 11.8 Å². The Morgan fingerprint density at radius 3 is 2.80 bits per heavy atom. The highest BCUT2D eigenvalue weighted by Crippen LogP contribution is 2.29. The van der Waals surface area contributed by atoms with Crippen LogP contribution < -0.4 is 5.73 Å². The van der Waals surface area contributed by atoms with Gasteiger partial charge in [-0.3, -0.25) is 4.79 Å². The molecule has 0 radical (unpaired) electrons. The number of benzene rings is 1. The average Bonchev–Trinajstić information content (AvgIpc) is 2.18. The number of carboxylic acid groups (broad SMARTS) is 1. The van der Waals surface area contributed by atoms with E-state index in [9.17, 15) is 9.18 Å². The Labute approximate surface area is 91.5 Å². The Morgan fingerprint density at radius 1 is 1.67 bits per heavy atom. The van der Waals surface area contributed by atoms with Gasteiger partial charge in [-0.2, -0.15) is 0 Å². The standard InChI is InChI=1S/C10H12FNO2S/c1-15-9-6(3-2-4-8(9)11)7(5-12)10(13)14/h2-4,7H,5,12H2,1H3,(H,13,14). The number of thioether (sulfide) groups is 1. The molecule has 0 amide bonds. The van der Waals surface area contributed by atoms with Gasteiger partial charge in [0.15, 0.2) is 0 Å². The number of halogens is 1. The third-order valence-corrected chi connectivity index (χ3v) is 2.95. The lowest BCUT2D eigenvalue weighted by molar-refractivity contribution is -0.138. The van der Waals surface area contributed by atoms with E-state index < -0.39 is 17.7 Å². The zero-order valence-electron chi connectivity index (χ0n) is 8.24. The van der Waals surface area contributed by atoms with Gasteiger partial charge in [0, 0.05) is 11.4 Å². The fraction of sp³-hybridized carbons (Fsp3) is 0.300. The highest BCUT2D eigenvalue weighted by atomic mass is 32.2. The predicted octanol–water partition coefficient (Wildman–Crippen LogP) is 1.67. The van der Waals surface area contributed by atoms with E-state index in [1.165, 1.54) is 23.9 Å². The molecule has 15 heavy (non-hydrogen) atoms. The summed E-state index contributed by atoms with van der Waals surface area (Å²) in [4.78, 5) is 11.3. The Bertz CT molecular complexity index is 370. The SMILES string of the molecule is CSc1c(F)cccc1C(CN)C(=O)O. The second-order valence-electron chi connectivity index (χ2n) is 2.99. The first-order valence-electron chi connectivity index (χ1n) is 4.37. The summed E-state index contributed by atoms with van der Waals surface area (Å²) >= 11 is 1.19. The zero-order valence-corrected chi connectivity index (χ0v) is 9.05. The Hall–Kier alpha value is -1.07. The van der Waals surface area contributed by atoms with Crippen molar-refractivity contribution in [2.75, 3.05) is 12.8 Å². The Morgan fingerprint density at radius 2 is 2.33 bits per heavy atom. The highest BCUT2D eigenvalue weighted by molar-refractivity contribution is 7.98. The van der Waals surface area contributed by atoms with Crippen molar-refractivity contribution in [3.05, 3.63) is 29.6 Å². The van der Waals surface area contributed by atoms with E-state index in [2.05, 4.69) is 0 Å². The van der Waals surface area contributed by atoms with Gasteiger partial charge in [0.05, 0.1) is 5.92 Å². The summed E-state index contributed by atoms with van der Waals surface area (Å²) in [6.45, 7) is -0.0354. The summed E-state index contributed by atoms with van der Waals surface area (Å²) in [6, 6.07) is 4.40. The normalized spacial score (nSPS) is 12.5. The summed E-state index contributed by atoms with van der Waals surface area (Å²) in [5.74, 6) is -2.28. The van der Waals surface area contributed by atoms with Crippen molar-refractivity contribution < 1.29 is 14.3 Å². The molecule has 0 saturated heterocycles. The first-order chi connectivity index (χ1) is 7.11. The fourth-order valence-electron chi connectivity index (χ4n) is 1.38. The van der Waals surface area contributed by atoms with Gasteiger partial charge < -0.3 is 10.8 Å². The van der Waals surface area contributed by atoms with E-state index in [4.69, 9.17) is 10.8 Å². The molecule has 3 N–H and O–H groups in total. The van der Waals surface area contributed by atoms with Crippen molar-refractivity contribution in [1.29, 1.82) is 0 Å². The Balaban J connectivity index is 3.22. The van der Waals surface area contributed by atoms with Crippen LogP contribution in [0.2, 0.25) is 0 Å².